The number of ether oxygens (including phenoxy) is 1. The minimum absolute atomic E-state index is 0.297. The first-order valence-corrected chi connectivity index (χ1v) is 6.72. The monoisotopic (exact) mass is 273 g/mol. The molecular formula is C17H20FNO. The molecule has 2 rings (SSSR count). The van der Waals surface area contributed by atoms with Crippen molar-refractivity contribution in [2.24, 2.45) is 0 Å². The zero-order valence-electron chi connectivity index (χ0n) is 12.2. The SMILES string of the molecule is CNCc1ccc(OCc2cc(C)ccc2C)c(F)c1. The number of benzene rings is 2. The Labute approximate surface area is 119 Å². The van der Waals surface area contributed by atoms with Crippen molar-refractivity contribution >= 4 is 0 Å². The van der Waals surface area contributed by atoms with Gasteiger partial charge in [-0.1, -0.05) is 29.8 Å². The molecule has 0 unspecified atom stereocenters. The first kappa shape index (κ1) is 14.5. The topological polar surface area (TPSA) is 21.3 Å². The second-order valence-electron chi connectivity index (χ2n) is 5.01. The van der Waals surface area contributed by atoms with Crippen LogP contribution in [0.15, 0.2) is 36.4 Å². The van der Waals surface area contributed by atoms with Crippen molar-refractivity contribution in [2.45, 2.75) is 27.0 Å². The molecule has 2 aromatic carbocycles. The first-order chi connectivity index (χ1) is 9.60. The van der Waals surface area contributed by atoms with Gasteiger partial charge in [0.25, 0.3) is 0 Å². The van der Waals surface area contributed by atoms with Crippen molar-refractivity contribution in [1.82, 2.24) is 5.32 Å². The van der Waals surface area contributed by atoms with E-state index in [0.29, 0.717) is 18.9 Å². The maximum atomic E-state index is 13.9. The lowest BCUT2D eigenvalue weighted by atomic mass is 10.1. The summed E-state index contributed by atoms with van der Waals surface area (Å²) in [5.41, 5.74) is 4.33. The molecule has 0 heterocycles. The van der Waals surface area contributed by atoms with Crippen molar-refractivity contribution in [3.63, 3.8) is 0 Å². The maximum Gasteiger partial charge on any atom is 0.165 e. The van der Waals surface area contributed by atoms with Crippen LogP contribution in [-0.4, -0.2) is 7.05 Å². The van der Waals surface area contributed by atoms with E-state index < -0.39 is 0 Å². The highest BCUT2D eigenvalue weighted by atomic mass is 19.1. The second kappa shape index (κ2) is 6.53. The molecule has 0 radical (unpaired) electrons. The summed E-state index contributed by atoms with van der Waals surface area (Å²) < 4.78 is 19.5. The fourth-order valence-corrected chi connectivity index (χ4v) is 2.09. The summed E-state index contributed by atoms with van der Waals surface area (Å²) in [6.45, 7) is 5.10. The molecule has 0 amide bonds. The molecule has 0 spiro atoms. The van der Waals surface area contributed by atoms with Gasteiger partial charge in [0.2, 0.25) is 0 Å². The van der Waals surface area contributed by atoms with E-state index in [9.17, 15) is 4.39 Å². The van der Waals surface area contributed by atoms with Gasteiger partial charge >= 0.3 is 0 Å². The first-order valence-electron chi connectivity index (χ1n) is 6.72. The minimum atomic E-state index is -0.317. The number of nitrogens with one attached hydrogen (secondary N) is 1. The number of halogens is 1. The van der Waals surface area contributed by atoms with Crippen molar-refractivity contribution in [3.8, 4) is 5.75 Å². The normalized spacial score (nSPS) is 10.6. The van der Waals surface area contributed by atoms with Crippen LogP contribution in [0.4, 0.5) is 4.39 Å². The zero-order chi connectivity index (χ0) is 14.5. The molecule has 106 valence electrons. The van der Waals surface area contributed by atoms with E-state index >= 15 is 0 Å². The van der Waals surface area contributed by atoms with E-state index in [-0.39, 0.29) is 5.82 Å². The lowest BCUT2D eigenvalue weighted by Gasteiger charge is -2.11. The fraction of sp³-hybridized carbons (Fsp3) is 0.294. The van der Waals surface area contributed by atoms with Crippen LogP contribution in [0.25, 0.3) is 0 Å². The molecule has 0 atom stereocenters. The molecule has 2 nitrogen and oxygen atoms in total. The van der Waals surface area contributed by atoms with Gasteiger partial charge in [0.05, 0.1) is 0 Å². The van der Waals surface area contributed by atoms with Crippen molar-refractivity contribution in [3.05, 3.63) is 64.5 Å². The zero-order valence-corrected chi connectivity index (χ0v) is 12.2. The number of rotatable bonds is 5. The van der Waals surface area contributed by atoms with Gasteiger partial charge in [-0.15, -0.1) is 0 Å². The minimum Gasteiger partial charge on any atom is -0.486 e. The van der Waals surface area contributed by atoms with Gasteiger partial charge in [0.15, 0.2) is 11.6 Å². The molecule has 0 saturated heterocycles. The van der Waals surface area contributed by atoms with Crippen LogP contribution < -0.4 is 10.1 Å². The van der Waals surface area contributed by atoms with Crippen LogP contribution in [0, 0.1) is 19.7 Å². The third kappa shape index (κ3) is 3.58. The molecule has 3 heteroatoms. The van der Waals surface area contributed by atoms with E-state index in [1.54, 1.807) is 6.07 Å². The summed E-state index contributed by atoms with van der Waals surface area (Å²) in [4.78, 5) is 0. The van der Waals surface area contributed by atoms with Crippen LogP contribution in [0.5, 0.6) is 5.75 Å². The van der Waals surface area contributed by atoms with Crippen molar-refractivity contribution in [1.29, 1.82) is 0 Å². The fourth-order valence-electron chi connectivity index (χ4n) is 2.09. The van der Waals surface area contributed by atoms with E-state index in [2.05, 4.69) is 23.5 Å². The Morgan fingerprint density at radius 1 is 1.10 bits per heavy atom. The Hall–Kier alpha value is -1.87. The largest absolute Gasteiger partial charge is 0.486 e. The van der Waals surface area contributed by atoms with Gasteiger partial charge in [-0.25, -0.2) is 4.39 Å². The van der Waals surface area contributed by atoms with Crippen LogP contribution in [0.3, 0.4) is 0 Å². The molecule has 20 heavy (non-hydrogen) atoms. The van der Waals surface area contributed by atoms with Crippen LogP contribution in [0.1, 0.15) is 22.3 Å². The third-order valence-electron chi connectivity index (χ3n) is 3.27. The smallest absolute Gasteiger partial charge is 0.165 e. The van der Waals surface area contributed by atoms with Gasteiger partial charge in [-0.3, -0.25) is 0 Å². The molecular weight excluding hydrogens is 253 g/mol. The molecule has 0 saturated carbocycles. The molecule has 0 aliphatic heterocycles. The predicted octanol–water partition coefficient (Wildman–Crippen LogP) is 3.74. The standard InChI is InChI=1S/C17H20FNO/c1-12-4-5-13(2)15(8-12)11-20-17-7-6-14(10-19-3)9-16(17)18/h4-9,19H,10-11H2,1-3H3. The second-order valence-corrected chi connectivity index (χ2v) is 5.01. The summed E-state index contributed by atoms with van der Waals surface area (Å²) in [6.07, 6.45) is 0. The third-order valence-corrected chi connectivity index (χ3v) is 3.27. The van der Waals surface area contributed by atoms with Crippen LogP contribution >= 0.6 is 0 Å². The maximum absolute atomic E-state index is 13.9. The highest BCUT2D eigenvalue weighted by Gasteiger charge is 2.06. The highest BCUT2D eigenvalue weighted by Crippen LogP contribution is 2.21. The van der Waals surface area contributed by atoms with Gasteiger partial charge in [-0.2, -0.15) is 0 Å². The van der Waals surface area contributed by atoms with E-state index in [1.807, 2.05) is 27.0 Å². The molecule has 2 aromatic rings. The quantitative estimate of drug-likeness (QED) is 0.896. The Morgan fingerprint density at radius 2 is 1.90 bits per heavy atom. The molecule has 1 N–H and O–H groups in total. The number of hydrogen-bond acceptors (Lipinski definition) is 2. The van der Waals surface area contributed by atoms with E-state index in [4.69, 9.17) is 4.74 Å². The lowest BCUT2D eigenvalue weighted by molar-refractivity contribution is 0.289. The van der Waals surface area contributed by atoms with Gasteiger partial charge in [-0.05, 0) is 49.7 Å². The number of aryl methyl sites for hydroxylation is 2. The molecule has 0 fully saturated rings. The van der Waals surface area contributed by atoms with Crippen molar-refractivity contribution in [2.75, 3.05) is 7.05 Å². The lowest BCUT2D eigenvalue weighted by Crippen LogP contribution is -2.06. The van der Waals surface area contributed by atoms with Crippen LogP contribution in [-0.2, 0) is 13.2 Å². The summed E-state index contributed by atoms with van der Waals surface area (Å²) in [7, 11) is 1.84. The van der Waals surface area contributed by atoms with Crippen LogP contribution in [0.2, 0.25) is 0 Å². The predicted molar refractivity (Wildman–Crippen MR) is 79.4 cm³/mol. The Kier molecular flexibility index (Phi) is 4.74. The van der Waals surface area contributed by atoms with E-state index in [0.717, 1.165) is 16.7 Å². The molecule has 0 aliphatic rings. The summed E-state index contributed by atoms with van der Waals surface area (Å²) in [5.74, 6) is -0.0196. The number of hydrogen-bond donors (Lipinski definition) is 1. The average Bonchev–Trinajstić information content (AvgIpc) is 2.42. The summed E-state index contributed by atoms with van der Waals surface area (Å²) in [6, 6.07) is 11.3. The van der Waals surface area contributed by atoms with Gasteiger partial charge in [0.1, 0.15) is 6.61 Å². The van der Waals surface area contributed by atoms with Gasteiger partial charge in [0, 0.05) is 6.54 Å². The molecule has 0 aliphatic carbocycles. The Morgan fingerprint density at radius 3 is 2.60 bits per heavy atom. The Balaban J connectivity index is 2.09. The van der Waals surface area contributed by atoms with Crippen molar-refractivity contribution < 1.29 is 9.13 Å². The molecule has 0 bridgehead atoms. The molecule has 0 aromatic heterocycles. The summed E-state index contributed by atoms with van der Waals surface area (Å²) in [5, 5.41) is 2.99. The van der Waals surface area contributed by atoms with E-state index in [1.165, 1.54) is 11.6 Å². The van der Waals surface area contributed by atoms with Gasteiger partial charge < -0.3 is 10.1 Å². The highest BCUT2D eigenvalue weighted by molar-refractivity contribution is 5.32. The Bertz CT molecular complexity index is 596. The summed E-state index contributed by atoms with van der Waals surface area (Å²) >= 11 is 0. The average molecular weight is 273 g/mol.